The third kappa shape index (κ3) is 5.74. The molecular weight excluding hydrogens is 258 g/mol. The van der Waals surface area contributed by atoms with E-state index in [-0.39, 0.29) is 18.6 Å². The summed E-state index contributed by atoms with van der Waals surface area (Å²) in [5, 5.41) is 14.1. The Bertz CT molecular complexity index is 387. The molecule has 2 N–H and O–H groups in total. The van der Waals surface area contributed by atoms with Crippen molar-refractivity contribution in [1.82, 2.24) is 5.32 Å². The van der Waals surface area contributed by atoms with Crippen molar-refractivity contribution in [3.63, 3.8) is 0 Å². The number of amides is 1. The van der Waals surface area contributed by atoms with E-state index >= 15 is 0 Å². The van der Waals surface area contributed by atoms with Gasteiger partial charge in [-0.25, -0.2) is 0 Å². The first-order valence-corrected chi connectivity index (χ1v) is 7.85. The van der Waals surface area contributed by atoms with Crippen molar-refractivity contribution in [2.45, 2.75) is 52.5 Å². The molecule has 1 atom stereocenters. The summed E-state index contributed by atoms with van der Waals surface area (Å²) < 4.78 is 0. The molecule has 0 aliphatic carbocycles. The van der Waals surface area contributed by atoms with Crippen molar-refractivity contribution in [2.24, 2.45) is 5.92 Å². The third-order valence-electron chi connectivity index (χ3n) is 3.37. The molecule has 108 valence electrons. The maximum absolute atomic E-state index is 11.9. The number of hydrogen-bond acceptors (Lipinski definition) is 3. The van der Waals surface area contributed by atoms with Gasteiger partial charge in [0.2, 0.25) is 5.91 Å². The highest BCUT2D eigenvalue weighted by molar-refractivity contribution is 7.10. The van der Waals surface area contributed by atoms with Gasteiger partial charge in [0.15, 0.2) is 0 Å². The summed E-state index contributed by atoms with van der Waals surface area (Å²) in [6.45, 7) is 6.37. The highest BCUT2D eigenvalue weighted by Gasteiger charge is 2.15. The molecular formula is C15H25NO2S. The summed E-state index contributed by atoms with van der Waals surface area (Å²) in [5.41, 5.74) is 1.32. The average molecular weight is 283 g/mol. The highest BCUT2D eigenvalue weighted by atomic mass is 32.1. The van der Waals surface area contributed by atoms with Crippen LogP contribution < -0.4 is 5.32 Å². The van der Waals surface area contributed by atoms with Crippen molar-refractivity contribution in [3.8, 4) is 0 Å². The molecule has 19 heavy (non-hydrogen) atoms. The van der Waals surface area contributed by atoms with E-state index in [1.54, 1.807) is 11.3 Å². The van der Waals surface area contributed by atoms with Crippen molar-refractivity contribution >= 4 is 17.2 Å². The van der Waals surface area contributed by atoms with Gasteiger partial charge in [0, 0.05) is 23.9 Å². The second-order valence-electron chi connectivity index (χ2n) is 5.31. The Morgan fingerprint density at radius 2 is 2.21 bits per heavy atom. The van der Waals surface area contributed by atoms with Gasteiger partial charge >= 0.3 is 0 Å². The first-order chi connectivity index (χ1) is 9.04. The largest absolute Gasteiger partial charge is 0.396 e. The van der Waals surface area contributed by atoms with Crippen LogP contribution in [0, 0.1) is 12.8 Å². The van der Waals surface area contributed by atoms with Crippen LogP contribution in [0.3, 0.4) is 0 Å². The molecule has 4 heteroatoms. The molecule has 0 radical (unpaired) electrons. The van der Waals surface area contributed by atoms with Crippen molar-refractivity contribution < 1.29 is 9.90 Å². The lowest BCUT2D eigenvalue weighted by Gasteiger charge is -2.21. The van der Waals surface area contributed by atoms with Crippen molar-refractivity contribution in [3.05, 3.63) is 21.9 Å². The quantitative estimate of drug-likeness (QED) is 0.770. The number of aryl methyl sites for hydroxylation is 2. The standard InChI is InChI=1S/C15H25NO2S/c1-11(2)13(7-9-17)16-15(18)6-4-5-14-12(3)8-10-19-14/h8,10-11,13,17H,4-7,9H2,1-3H3,(H,16,18). The normalized spacial score (nSPS) is 12.7. The third-order valence-corrected chi connectivity index (χ3v) is 4.45. The Hall–Kier alpha value is -0.870. The van der Waals surface area contributed by atoms with Crippen molar-refractivity contribution in [2.75, 3.05) is 6.61 Å². The van der Waals surface area contributed by atoms with E-state index < -0.39 is 0 Å². The van der Waals surface area contributed by atoms with Gasteiger partial charge in [-0.3, -0.25) is 4.79 Å². The summed E-state index contributed by atoms with van der Waals surface area (Å²) in [6, 6.07) is 2.21. The Morgan fingerprint density at radius 1 is 1.47 bits per heavy atom. The lowest BCUT2D eigenvalue weighted by molar-refractivity contribution is -0.122. The molecule has 0 saturated heterocycles. The molecule has 1 aromatic rings. The van der Waals surface area contributed by atoms with Gasteiger partial charge in [-0.1, -0.05) is 13.8 Å². The minimum Gasteiger partial charge on any atom is -0.396 e. The highest BCUT2D eigenvalue weighted by Crippen LogP contribution is 2.18. The number of carbonyl (C=O) groups is 1. The Balaban J connectivity index is 2.29. The van der Waals surface area contributed by atoms with E-state index in [2.05, 4.69) is 37.5 Å². The lowest BCUT2D eigenvalue weighted by atomic mass is 10.0. The minimum atomic E-state index is 0.0842. The van der Waals surface area contributed by atoms with Crippen LogP contribution in [0.15, 0.2) is 11.4 Å². The maximum Gasteiger partial charge on any atom is 0.220 e. The van der Waals surface area contributed by atoms with Crippen LogP contribution in [0.25, 0.3) is 0 Å². The molecule has 0 aliphatic heterocycles. The first kappa shape index (κ1) is 16.2. The summed E-state index contributed by atoms with van der Waals surface area (Å²) in [4.78, 5) is 13.2. The molecule has 0 aromatic carbocycles. The van der Waals surface area contributed by atoms with Gasteiger partial charge < -0.3 is 10.4 Å². The number of aliphatic hydroxyl groups excluding tert-OH is 1. The molecule has 1 rings (SSSR count). The molecule has 1 unspecified atom stereocenters. The van der Waals surface area contributed by atoms with Crippen LogP contribution in [-0.2, 0) is 11.2 Å². The SMILES string of the molecule is Cc1ccsc1CCCC(=O)NC(CCO)C(C)C. The first-order valence-electron chi connectivity index (χ1n) is 6.97. The number of rotatable bonds is 8. The van der Waals surface area contributed by atoms with Gasteiger partial charge in [0.1, 0.15) is 0 Å². The fourth-order valence-corrected chi connectivity index (χ4v) is 3.01. The zero-order valence-corrected chi connectivity index (χ0v) is 12.9. The van der Waals surface area contributed by atoms with E-state index in [0.717, 1.165) is 12.8 Å². The summed E-state index contributed by atoms with van der Waals surface area (Å²) >= 11 is 1.76. The number of hydrogen-bond donors (Lipinski definition) is 2. The zero-order valence-electron chi connectivity index (χ0n) is 12.1. The van der Waals surface area contributed by atoms with Gasteiger partial charge in [-0.2, -0.15) is 0 Å². The van der Waals surface area contributed by atoms with Gasteiger partial charge in [-0.15, -0.1) is 11.3 Å². The molecule has 1 amide bonds. The van der Waals surface area contributed by atoms with E-state index in [9.17, 15) is 4.79 Å². The van der Waals surface area contributed by atoms with Gasteiger partial charge in [0.05, 0.1) is 0 Å². The summed E-state index contributed by atoms with van der Waals surface area (Å²) in [6.07, 6.45) is 3.06. The topological polar surface area (TPSA) is 49.3 Å². The second kappa shape index (κ2) is 8.33. The van der Waals surface area contributed by atoms with Gasteiger partial charge in [-0.05, 0) is 49.1 Å². The summed E-state index contributed by atoms with van der Waals surface area (Å²) in [7, 11) is 0. The van der Waals surface area contributed by atoms with E-state index in [1.165, 1.54) is 10.4 Å². The molecule has 1 aromatic heterocycles. The maximum atomic E-state index is 11.9. The summed E-state index contributed by atoms with van der Waals surface area (Å²) in [5.74, 6) is 0.456. The average Bonchev–Trinajstić information content (AvgIpc) is 2.74. The molecule has 0 spiro atoms. The number of carbonyl (C=O) groups excluding carboxylic acids is 1. The fraction of sp³-hybridized carbons (Fsp3) is 0.667. The van der Waals surface area contributed by atoms with E-state index in [1.807, 2.05) is 0 Å². The lowest BCUT2D eigenvalue weighted by Crippen LogP contribution is -2.39. The molecule has 1 heterocycles. The van der Waals surface area contributed by atoms with Crippen LogP contribution in [-0.4, -0.2) is 23.7 Å². The van der Waals surface area contributed by atoms with Crippen LogP contribution >= 0.6 is 11.3 Å². The number of thiophene rings is 1. The Labute approximate surface area is 120 Å². The van der Waals surface area contributed by atoms with Crippen molar-refractivity contribution in [1.29, 1.82) is 0 Å². The Morgan fingerprint density at radius 3 is 2.74 bits per heavy atom. The predicted molar refractivity (Wildman–Crippen MR) is 80.5 cm³/mol. The van der Waals surface area contributed by atoms with Crippen LogP contribution in [0.4, 0.5) is 0 Å². The Kier molecular flexibility index (Phi) is 7.10. The molecule has 0 fully saturated rings. The van der Waals surface area contributed by atoms with Crippen LogP contribution in [0.2, 0.25) is 0 Å². The van der Waals surface area contributed by atoms with Crippen LogP contribution in [0.1, 0.15) is 43.6 Å². The monoisotopic (exact) mass is 283 g/mol. The molecule has 0 saturated carbocycles. The molecule has 0 bridgehead atoms. The predicted octanol–water partition coefficient (Wildman–Crippen LogP) is 2.90. The number of nitrogens with one attached hydrogen (secondary N) is 1. The molecule has 0 aliphatic rings. The molecule has 3 nitrogen and oxygen atoms in total. The fourth-order valence-electron chi connectivity index (χ4n) is 2.06. The minimum absolute atomic E-state index is 0.0842. The zero-order chi connectivity index (χ0) is 14.3. The van der Waals surface area contributed by atoms with E-state index in [4.69, 9.17) is 5.11 Å². The van der Waals surface area contributed by atoms with E-state index in [0.29, 0.717) is 18.8 Å². The van der Waals surface area contributed by atoms with Gasteiger partial charge in [0.25, 0.3) is 0 Å². The van der Waals surface area contributed by atoms with Crippen LogP contribution in [0.5, 0.6) is 0 Å². The smallest absolute Gasteiger partial charge is 0.220 e. The second-order valence-corrected chi connectivity index (χ2v) is 6.31. The number of aliphatic hydroxyl groups is 1.